The maximum Gasteiger partial charge on any atom is 0.294 e. The van der Waals surface area contributed by atoms with Crippen LogP contribution in [0.3, 0.4) is 0 Å². The molecule has 0 atom stereocenters. The van der Waals surface area contributed by atoms with Gasteiger partial charge in [0.15, 0.2) is 0 Å². The lowest BCUT2D eigenvalue weighted by atomic mass is 10.2. The molecule has 2 N–H and O–H groups in total. The van der Waals surface area contributed by atoms with E-state index in [0.29, 0.717) is 17.1 Å². The van der Waals surface area contributed by atoms with Crippen molar-refractivity contribution in [1.82, 2.24) is 0 Å². The maximum atomic E-state index is 10.8. The summed E-state index contributed by atoms with van der Waals surface area (Å²) in [6.45, 7) is 0. The molecule has 0 aliphatic carbocycles. The summed E-state index contributed by atoms with van der Waals surface area (Å²) >= 11 is 0. The second-order valence-corrected chi connectivity index (χ2v) is 3.87. The van der Waals surface area contributed by atoms with Gasteiger partial charge in [-0.1, -0.05) is 12.1 Å². The number of anilines is 1. The second-order valence-electron chi connectivity index (χ2n) is 3.87. The summed E-state index contributed by atoms with van der Waals surface area (Å²) in [6.07, 6.45) is 0. The molecular formula is C13H12N4O3. The molecule has 0 aliphatic heterocycles. The van der Waals surface area contributed by atoms with E-state index in [9.17, 15) is 10.1 Å². The van der Waals surface area contributed by atoms with Crippen LogP contribution in [0.1, 0.15) is 0 Å². The first-order valence-electron chi connectivity index (χ1n) is 5.70. The molecule has 0 aromatic heterocycles. The smallest absolute Gasteiger partial charge is 0.294 e. The van der Waals surface area contributed by atoms with Gasteiger partial charge >= 0.3 is 0 Å². The van der Waals surface area contributed by atoms with Gasteiger partial charge in [-0.15, -0.1) is 5.11 Å². The number of nitro groups is 1. The first-order chi connectivity index (χ1) is 9.61. The third-order valence-electron chi connectivity index (χ3n) is 2.57. The van der Waals surface area contributed by atoms with E-state index in [2.05, 4.69) is 10.2 Å². The molecule has 7 nitrogen and oxygen atoms in total. The Morgan fingerprint density at radius 3 is 2.65 bits per heavy atom. The van der Waals surface area contributed by atoms with E-state index >= 15 is 0 Å². The topological polar surface area (TPSA) is 103 Å². The third-order valence-corrected chi connectivity index (χ3v) is 2.57. The lowest BCUT2D eigenvalue weighted by Crippen LogP contribution is -1.94. The summed E-state index contributed by atoms with van der Waals surface area (Å²) in [5, 5.41) is 18.8. The predicted molar refractivity (Wildman–Crippen MR) is 74.7 cm³/mol. The molecule has 20 heavy (non-hydrogen) atoms. The van der Waals surface area contributed by atoms with Gasteiger partial charge in [-0.25, -0.2) is 0 Å². The first-order valence-corrected chi connectivity index (χ1v) is 5.70. The third kappa shape index (κ3) is 2.89. The van der Waals surface area contributed by atoms with Crippen LogP contribution in [0, 0.1) is 10.1 Å². The largest absolute Gasteiger partial charge is 0.494 e. The van der Waals surface area contributed by atoms with E-state index in [4.69, 9.17) is 10.5 Å². The number of hydrogen-bond donors (Lipinski definition) is 1. The molecule has 0 saturated carbocycles. The van der Waals surface area contributed by atoms with Crippen LogP contribution < -0.4 is 10.5 Å². The number of azo groups is 1. The van der Waals surface area contributed by atoms with Crippen molar-refractivity contribution in [2.45, 2.75) is 0 Å². The van der Waals surface area contributed by atoms with Gasteiger partial charge in [0.25, 0.3) is 5.69 Å². The van der Waals surface area contributed by atoms with E-state index in [1.807, 2.05) is 6.07 Å². The van der Waals surface area contributed by atoms with Crippen LogP contribution in [0.4, 0.5) is 22.7 Å². The number of hydrogen-bond acceptors (Lipinski definition) is 6. The zero-order valence-electron chi connectivity index (χ0n) is 10.7. The molecule has 2 aromatic rings. The molecule has 0 aliphatic rings. The van der Waals surface area contributed by atoms with Gasteiger partial charge < -0.3 is 10.5 Å². The van der Waals surface area contributed by atoms with E-state index in [0.717, 1.165) is 0 Å². The zero-order valence-corrected chi connectivity index (χ0v) is 10.7. The molecular weight excluding hydrogens is 260 g/mol. The number of nitrogens with zero attached hydrogens (tertiary/aromatic N) is 3. The molecule has 0 fully saturated rings. The number of para-hydroxylation sites is 1. The van der Waals surface area contributed by atoms with Gasteiger partial charge in [-0.3, -0.25) is 10.1 Å². The summed E-state index contributed by atoms with van der Waals surface area (Å²) in [7, 11) is 1.53. The van der Waals surface area contributed by atoms with Crippen molar-refractivity contribution < 1.29 is 9.66 Å². The van der Waals surface area contributed by atoms with Crippen molar-refractivity contribution in [3.8, 4) is 5.75 Å². The van der Waals surface area contributed by atoms with Gasteiger partial charge in [0.2, 0.25) is 0 Å². The van der Waals surface area contributed by atoms with E-state index in [1.165, 1.54) is 19.2 Å². The molecule has 7 heteroatoms. The van der Waals surface area contributed by atoms with Gasteiger partial charge in [0.1, 0.15) is 17.1 Å². The fourth-order valence-electron chi connectivity index (χ4n) is 1.58. The fraction of sp³-hybridized carbons (Fsp3) is 0.0769. The summed E-state index contributed by atoms with van der Waals surface area (Å²) in [6, 6.07) is 11.3. The second kappa shape index (κ2) is 5.79. The average molecular weight is 272 g/mol. The molecule has 0 saturated heterocycles. The Balaban J connectivity index is 2.32. The first kappa shape index (κ1) is 13.5. The highest BCUT2D eigenvalue weighted by atomic mass is 16.6. The number of rotatable bonds is 4. The minimum atomic E-state index is -0.558. The fourth-order valence-corrected chi connectivity index (χ4v) is 1.58. The Morgan fingerprint density at radius 2 is 1.95 bits per heavy atom. The Labute approximate surface area is 114 Å². The van der Waals surface area contributed by atoms with Crippen LogP contribution in [-0.4, -0.2) is 12.0 Å². The summed E-state index contributed by atoms with van der Waals surface area (Å²) < 4.78 is 5.13. The van der Waals surface area contributed by atoms with Gasteiger partial charge in [0, 0.05) is 6.07 Å². The van der Waals surface area contributed by atoms with Crippen LogP contribution in [0.2, 0.25) is 0 Å². The lowest BCUT2D eigenvalue weighted by molar-refractivity contribution is -0.383. The summed E-state index contributed by atoms with van der Waals surface area (Å²) in [5.41, 5.74) is 6.29. The number of nitrogen functional groups attached to an aromatic ring is 1. The highest BCUT2D eigenvalue weighted by molar-refractivity contribution is 5.64. The molecule has 0 heterocycles. The SMILES string of the molecule is COc1ccccc1N=Nc1ccc(N)c([N+](=O)[O-])c1. The molecule has 2 rings (SSSR count). The van der Waals surface area contributed by atoms with Crippen LogP contribution in [-0.2, 0) is 0 Å². The minimum Gasteiger partial charge on any atom is -0.494 e. The zero-order chi connectivity index (χ0) is 14.5. The molecule has 102 valence electrons. The molecule has 0 amide bonds. The Kier molecular flexibility index (Phi) is 3.90. The van der Waals surface area contributed by atoms with E-state index in [1.54, 1.807) is 24.3 Å². The van der Waals surface area contributed by atoms with E-state index < -0.39 is 4.92 Å². The molecule has 0 unspecified atom stereocenters. The van der Waals surface area contributed by atoms with E-state index in [-0.39, 0.29) is 11.4 Å². The Morgan fingerprint density at radius 1 is 1.20 bits per heavy atom. The van der Waals surface area contributed by atoms with Crippen LogP contribution >= 0.6 is 0 Å². The standard InChI is InChI=1S/C13H12N4O3/c1-20-13-5-3-2-4-11(13)16-15-9-6-7-10(14)12(8-9)17(18)19/h2-8H,14H2,1H3. The lowest BCUT2D eigenvalue weighted by Gasteiger charge is -2.02. The Bertz CT molecular complexity index is 670. The minimum absolute atomic E-state index is 0.0891. The van der Waals surface area contributed by atoms with Crippen LogP contribution in [0.5, 0.6) is 5.75 Å². The maximum absolute atomic E-state index is 10.8. The highest BCUT2D eigenvalue weighted by Gasteiger charge is 2.11. The number of nitrogens with two attached hydrogens (primary N) is 1. The van der Waals surface area contributed by atoms with Gasteiger partial charge in [0.05, 0.1) is 17.7 Å². The summed E-state index contributed by atoms with van der Waals surface area (Å²) in [4.78, 5) is 10.2. The normalized spacial score (nSPS) is 10.7. The van der Waals surface area contributed by atoms with Crippen LogP contribution in [0.25, 0.3) is 0 Å². The van der Waals surface area contributed by atoms with Crippen molar-refractivity contribution >= 4 is 22.7 Å². The highest BCUT2D eigenvalue weighted by Crippen LogP contribution is 2.30. The van der Waals surface area contributed by atoms with Crippen molar-refractivity contribution in [2.75, 3.05) is 12.8 Å². The number of nitro benzene ring substituents is 1. The van der Waals surface area contributed by atoms with Crippen LogP contribution in [0.15, 0.2) is 52.7 Å². The van der Waals surface area contributed by atoms with Crippen molar-refractivity contribution in [1.29, 1.82) is 0 Å². The quantitative estimate of drug-likeness (QED) is 0.397. The molecule has 2 aromatic carbocycles. The van der Waals surface area contributed by atoms with Gasteiger partial charge in [-0.05, 0) is 24.3 Å². The van der Waals surface area contributed by atoms with Crippen molar-refractivity contribution in [3.63, 3.8) is 0 Å². The molecule has 0 radical (unpaired) electrons. The molecule has 0 bridgehead atoms. The molecule has 0 spiro atoms. The number of methoxy groups -OCH3 is 1. The monoisotopic (exact) mass is 272 g/mol. The Hall–Kier alpha value is -2.96. The van der Waals surface area contributed by atoms with Crippen molar-refractivity contribution in [2.24, 2.45) is 10.2 Å². The van der Waals surface area contributed by atoms with Gasteiger partial charge in [-0.2, -0.15) is 5.11 Å². The average Bonchev–Trinajstić information content (AvgIpc) is 2.46. The van der Waals surface area contributed by atoms with Crippen molar-refractivity contribution in [3.05, 3.63) is 52.6 Å². The predicted octanol–water partition coefficient (Wildman–Crippen LogP) is 3.60. The number of ether oxygens (including phenoxy) is 1. The summed E-state index contributed by atoms with van der Waals surface area (Å²) in [5.74, 6) is 0.571. The number of benzene rings is 2.